The summed E-state index contributed by atoms with van der Waals surface area (Å²) in [7, 11) is 1.94. The number of allylic oxidation sites excluding steroid dienone is 2. The zero-order valence-corrected chi connectivity index (χ0v) is 15.1. The molecule has 0 spiro atoms. The molecule has 8 nitrogen and oxygen atoms in total. The molecule has 0 aromatic carbocycles. The molecule has 2 atom stereocenters. The van der Waals surface area contributed by atoms with Crippen molar-refractivity contribution in [1.29, 1.82) is 0 Å². The van der Waals surface area contributed by atoms with Crippen LogP contribution in [-0.4, -0.2) is 53.8 Å². The van der Waals surface area contributed by atoms with Gasteiger partial charge < -0.3 is 25.8 Å². The number of nitrogen functional groups attached to an aromatic ring is 1. The van der Waals surface area contributed by atoms with E-state index in [9.17, 15) is 9.90 Å². The number of carbonyl (C=O) groups is 1. The molecule has 140 valence electrons. The van der Waals surface area contributed by atoms with Crippen molar-refractivity contribution in [3.05, 3.63) is 36.1 Å². The van der Waals surface area contributed by atoms with E-state index >= 15 is 0 Å². The highest BCUT2D eigenvalue weighted by atomic mass is 16.5. The van der Waals surface area contributed by atoms with Crippen molar-refractivity contribution in [1.82, 2.24) is 15.3 Å². The van der Waals surface area contributed by atoms with Crippen LogP contribution in [-0.2, 0) is 16.1 Å². The smallest absolute Gasteiger partial charge is 0.311 e. The number of hydrogen-bond acceptors (Lipinski definition) is 7. The first-order valence-electron chi connectivity index (χ1n) is 8.63. The molecule has 3 rings (SSSR count). The molecule has 8 heteroatoms. The number of carboxylic acids is 1. The molecule has 1 aromatic rings. The summed E-state index contributed by atoms with van der Waals surface area (Å²) in [5.41, 5.74) is 5.92. The van der Waals surface area contributed by atoms with Crippen LogP contribution >= 0.6 is 0 Å². The normalized spacial score (nSPS) is 25.3. The zero-order valence-electron chi connectivity index (χ0n) is 15.1. The summed E-state index contributed by atoms with van der Waals surface area (Å²) in [5.74, 6) is -0.470. The van der Waals surface area contributed by atoms with E-state index in [1.54, 1.807) is 12.2 Å². The number of nitrogens with one attached hydrogen (secondary N) is 1. The maximum absolute atomic E-state index is 11.5. The topological polar surface area (TPSA) is 114 Å². The lowest BCUT2D eigenvalue weighted by molar-refractivity contribution is -0.144. The number of rotatable bonds is 7. The van der Waals surface area contributed by atoms with Crippen molar-refractivity contribution in [2.24, 2.45) is 11.3 Å². The minimum atomic E-state index is -0.859. The number of hydrogen-bond donors (Lipinski definition) is 3. The van der Waals surface area contributed by atoms with Gasteiger partial charge in [0.15, 0.2) is 0 Å². The van der Waals surface area contributed by atoms with Gasteiger partial charge in [0.05, 0.1) is 24.8 Å². The Kier molecular flexibility index (Phi) is 5.24. The van der Waals surface area contributed by atoms with Gasteiger partial charge in [0.2, 0.25) is 5.95 Å². The fraction of sp³-hybridized carbons (Fsp3) is 0.500. The Hall–Kier alpha value is -2.45. The third-order valence-electron chi connectivity index (χ3n) is 4.93. The number of likely N-dealkylation sites (N-methyl/N-ethyl adjacent to an activating group) is 1. The van der Waals surface area contributed by atoms with Crippen LogP contribution in [0.4, 0.5) is 11.8 Å². The Labute approximate surface area is 152 Å². The third-order valence-corrected chi connectivity index (χ3v) is 4.93. The van der Waals surface area contributed by atoms with Crippen LogP contribution in [0.3, 0.4) is 0 Å². The molecule has 1 aromatic heterocycles. The third kappa shape index (κ3) is 3.86. The number of carboxylic acid groups (broad SMARTS) is 1. The molecule has 1 fully saturated rings. The number of ether oxygens (including phenoxy) is 1. The predicted molar refractivity (Wildman–Crippen MR) is 98.7 cm³/mol. The second kappa shape index (κ2) is 7.43. The summed E-state index contributed by atoms with van der Waals surface area (Å²) in [6, 6.07) is 2.33. The highest BCUT2D eigenvalue weighted by Crippen LogP contribution is 2.34. The van der Waals surface area contributed by atoms with E-state index in [0.29, 0.717) is 11.7 Å². The first-order chi connectivity index (χ1) is 12.4. The van der Waals surface area contributed by atoms with Crippen LogP contribution in [0.5, 0.6) is 0 Å². The Bertz CT molecular complexity index is 730. The van der Waals surface area contributed by atoms with Gasteiger partial charge in [-0.3, -0.25) is 4.79 Å². The second-order valence-electron chi connectivity index (χ2n) is 7.02. The number of nitrogens with two attached hydrogens (primary N) is 1. The molecule has 2 heterocycles. The van der Waals surface area contributed by atoms with Gasteiger partial charge in [-0.05, 0) is 7.05 Å². The minimum absolute atomic E-state index is 0.212. The van der Waals surface area contributed by atoms with Crippen molar-refractivity contribution in [2.75, 3.05) is 37.4 Å². The summed E-state index contributed by atoms with van der Waals surface area (Å²) in [4.78, 5) is 22.1. The van der Waals surface area contributed by atoms with Crippen molar-refractivity contribution in [3.63, 3.8) is 0 Å². The van der Waals surface area contributed by atoms with Gasteiger partial charge in [-0.1, -0.05) is 31.2 Å². The largest absolute Gasteiger partial charge is 0.481 e. The standard InChI is InChI=1S/C18H25N5O3/c1-18(6-4-3-5-14(18)16(24)25)11-26-10-12-7-15(22-17(19)21-12)23-8-13(9-23)20-2/h3-7,13-14,20H,8-11H2,1-2H3,(H,24,25)(H2,19,21,22). The molecule has 0 saturated carbocycles. The Morgan fingerprint density at radius 1 is 1.46 bits per heavy atom. The van der Waals surface area contributed by atoms with Gasteiger partial charge in [0.25, 0.3) is 0 Å². The van der Waals surface area contributed by atoms with Crippen molar-refractivity contribution in [2.45, 2.75) is 19.6 Å². The molecular weight excluding hydrogens is 334 g/mol. The van der Waals surface area contributed by atoms with Gasteiger partial charge >= 0.3 is 5.97 Å². The molecule has 2 unspecified atom stereocenters. The second-order valence-corrected chi connectivity index (χ2v) is 7.02. The van der Waals surface area contributed by atoms with E-state index in [4.69, 9.17) is 10.5 Å². The Balaban J connectivity index is 1.61. The summed E-state index contributed by atoms with van der Waals surface area (Å²) >= 11 is 0. The first-order valence-corrected chi connectivity index (χ1v) is 8.63. The Morgan fingerprint density at radius 3 is 2.92 bits per heavy atom. The van der Waals surface area contributed by atoms with Crippen LogP contribution in [0, 0.1) is 11.3 Å². The first kappa shape index (κ1) is 18.3. The average molecular weight is 359 g/mol. The molecule has 26 heavy (non-hydrogen) atoms. The fourth-order valence-corrected chi connectivity index (χ4v) is 3.24. The zero-order chi connectivity index (χ0) is 18.7. The lowest BCUT2D eigenvalue weighted by Crippen LogP contribution is -2.57. The van der Waals surface area contributed by atoms with E-state index in [2.05, 4.69) is 20.2 Å². The Morgan fingerprint density at radius 2 is 2.23 bits per heavy atom. The lowest BCUT2D eigenvalue weighted by Gasteiger charge is -2.40. The highest BCUT2D eigenvalue weighted by Gasteiger charge is 2.37. The maximum atomic E-state index is 11.5. The summed E-state index contributed by atoms with van der Waals surface area (Å²) in [6.07, 6.45) is 7.17. The SMILES string of the molecule is CNC1CN(c2cc(COCC3(C)C=CC=CC3C(=O)O)nc(N)n2)C1. The lowest BCUT2D eigenvalue weighted by atomic mass is 9.75. The summed E-state index contributed by atoms with van der Waals surface area (Å²) in [6.45, 7) is 4.16. The molecular formula is C18H25N5O3. The van der Waals surface area contributed by atoms with Crippen molar-refractivity contribution < 1.29 is 14.6 Å². The molecule has 2 aliphatic rings. The minimum Gasteiger partial charge on any atom is -0.481 e. The fourth-order valence-electron chi connectivity index (χ4n) is 3.24. The number of aromatic nitrogens is 2. The van der Waals surface area contributed by atoms with Crippen LogP contribution in [0.2, 0.25) is 0 Å². The van der Waals surface area contributed by atoms with E-state index in [1.165, 1.54) is 0 Å². The van der Waals surface area contributed by atoms with Gasteiger partial charge in [0, 0.05) is 30.6 Å². The van der Waals surface area contributed by atoms with E-state index in [-0.39, 0.29) is 19.2 Å². The molecule has 1 saturated heterocycles. The summed E-state index contributed by atoms with van der Waals surface area (Å²) in [5, 5.41) is 12.6. The van der Waals surface area contributed by atoms with Crippen LogP contribution in [0.15, 0.2) is 30.4 Å². The monoisotopic (exact) mass is 359 g/mol. The number of nitrogens with zero attached hydrogens (tertiary/aromatic N) is 3. The van der Waals surface area contributed by atoms with E-state index < -0.39 is 17.3 Å². The molecule has 1 aliphatic carbocycles. The molecule has 4 N–H and O–H groups in total. The van der Waals surface area contributed by atoms with Crippen molar-refractivity contribution in [3.8, 4) is 0 Å². The van der Waals surface area contributed by atoms with Gasteiger partial charge in [-0.15, -0.1) is 0 Å². The van der Waals surface area contributed by atoms with Crippen LogP contribution < -0.4 is 16.0 Å². The molecule has 1 aliphatic heterocycles. The van der Waals surface area contributed by atoms with Gasteiger partial charge in [0.1, 0.15) is 5.82 Å². The van der Waals surface area contributed by atoms with E-state index in [1.807, 2.05) is 32.2 Å². The van der Waals surface area contributed by atoms with Crippen LogP contribution in [0.25, 0.3) is 0 Å². The highest BCUT2D eigenvalue weighted by molar-refractivity contribution is 5.74. The van der Waals surface area contributed by atoms with Gasteiger partial charge in [-0.2, -0.15) is 4.98 Å². The quantitative estimate of drug-likeness (QED) is 0.656. The summed E-state index contributed by atoms with van der Waals surface area (Å²) < 4.78 is 5.80. The predicted octanol–water partition coefficient (Wildman–Crippen LogP) is 0.817. The molecule has 0 radical (unpaired) electrons. The van der Waals surface area contributed by atoms with Gasteiger partial charge in [-0.25, -0.2) is 4.98 Å². The number of aliphatic carboxylic acids is 1. The molecule has 0 amide bonds. The molecule has 0 bridgehead atoms. The van der Waals surface area contributed by atoms with E-state index in [0.717, 1.165) is 18.9 Å². The van der Waals surface area contributed by atoms with Crippen LogP contribution in [0.1, 0.15) is 12.6 Å². The van der Waals surface area contributed by atoms with Crippen molar-refractivity contribution >= 4 is 17.7 Å². The average Bonchev–Trinajstić information content (AvgIpc) is 2.53. The maximum Gasteiger partial charge on any atom is 0.311 e. The number of anilines is 2.